The second-order valence-electron chi connectivity index (χ2n) is 3.63. The molecular formula is C11H8BrNO4S2. The average molecular weight is 362 g/mol. The van der Waals surface area contributed by atoms with Crippen molar-refractivity contribution in [2.75, 3.05) is 5.75 Å². The summed E-state index contributed by atoms with van der Waals surface area (Å²) in [6.07, 6.45) is 1.61. The Kier molecular flexibility index (Phi) is 4.02. The first kappa shape index (κ1) is 14.2. The number of hydrogen-bond acceptors (Lipinski definition) is 5. The SMILES string of the molecule is O=C(O)CS(=O)(=O)c1ccc(-c2ccc(Br)cn2)s1. The molecule has 2 rings (SSSR count). The molecule has 0 aliphatic rings. The summed E-state index contributed by atoms with van der Waals surface area (Å²) in [5.41, 5.74) is 0.643. The highest BCUT2D eigenvalue weighted by Crippen LogP contribution is 2.30. The Labute approximate surface area is 122 Å². The average Bonchev–Trinajstić information content (AvgIpc) is 2.78. The van der Waals surface area contributed by atoms with Crippen molar-refractivity contribution in [3.63, 3.8) is 0 Å². The van der Waals surface area contributed by atoms with Crippen molar-refractivity contribution in [1.29, 1.82) is 0 Å². The van der Waals surface area contributed by atoms with Crippen molar-refractivity contribution in [3.05, 3.63) is 34.9 Å². The normalized spacial score (nSPS) is 11.4. The number of aliphatic carboxylic acids is 1. The summed E-state index contributed by atoms with van der Waals surface area (Å²) < 4.78 is 24.3. The highest BCUT2D eigenvalue weighted by atomic mass is 79.9. The number of thiophene rings is 1. The zero-order chi connectivity index (χ0) is 14.0. The summed E-state index contributed by atoms with van der Waals surface area (Å²) in [5, 5.41) is 8.57. The fourth-order valence-corrected chi connectivity index (χ4v) is 4.03. The molecule has 2 aromatic heterocycles. The van der Waals surface area contributed by atoms with Crippen molar-refractivity contribution in [2.24, 2.45) is 0 Å². The molecule has 0 saturated carbocycles. The molecule has 0 radical (unpaired) electrons. The minimum absolute atomic E-state index is 0.0367. The van der Waals surface area contributed by atoms with E-state index in [0.717, 1.165) is 15.8 Å². The number of aromatic nitrogens is 1. The number of hydrogen-bond donors (Lipinski definition) is 1. The predicted octanol–water partition coefficient (Wildman–Crippen LogP) is 2.43. The number of halogens is 1. The third kappa shape index (κ3) is 3.40. The smallest absolute Gasteiger partial charge is 0.319 e. The van der Waals surface area contributed by atoms with Crippen LogP contribution in [0, 0.1) is 0 Å². The Morgan fingerprint density at radius 3 is 2.63 bits per heavy atom. The van der Waals surface area contributed by atoms with Crippen LogP contribution in [-0.4, -0.2) is 30.2 Å². The van der Waals surface area contributed by atoms with E-state index in [4.69, 9.17) is 5.11 Å². The Bertz CT molecular complexity index is 707. The molecule has 0 saturated heterocycles. The molecule has 0 bridgehead atoms. The largest absolute Gasteiger partial charge is 0.480 e. The predicted molar refractivity (Wildman–Crippen MR) is 74.9 cm³/mol. The van der Waals surface area contributed by atoms with Crippen LogP contribution in [0.4, 0.5) is 0 Å². The van der Waals surface area contributed by atoms with Crippen molar-refractivity contribution in [1.82, 2.24) is 4.98 Å². The second-order valence-corrected chi connectivity index (χ2v) is 7.85. The summed E-state index contributed by atoms with van der Waals surface area (Å²) in [5.74, 6) is -2.27. The molecular weight excluding hydrogens is 354 g/mol. The van der Waals surface area contributed by atoms with Crippen LogP contribution in [0.25, 0.3) is 10.6 Å². The van der Waals surface area contributed by atoms with Gasteiger partial charge in [0.05, 0.1) is 10.6 Å². The van der Waals surface area contributed by atoms with Gasteiger partial charge in [0.1, 0.15) is 4.21 Å². The molecule has 0 spiro atoms. The number of sulfone groups is 1. The van der Waals surface area contributed by atoms with Gasteiger partial charge in [0.25, 0.3) is 0 Å². The van der Waals surface area contributed by atoms with Gasteiger partial charge in [-0.2, -0.15) is 0 Å². The molecule has 0 unspecified atom stereocenters. The first-order chi connectivity index (χ1) is 8.88. The van der Waals surface area contributed by atoms with Crippen LogP contribution in [0.5, 0.6) is 0 Å². The zero-order valence-electron chi connectivity index (χ0n) is 9.41. The summed E-state index contributed by atoms with van der Waals surface area (Å²) >= 11 is 4.27. The van der Waals surface area contributed by atoms with Crippen LogP contribution in [0.15, 0.2) is 39.1 Å². The third-order valence-electron chi connectivity index (χ3n) is 2.18. The maximum atomic E-state index is 11.7. The van der Waals surface area contributed by atoms with E-state index in [0.29, 0.717) is 10.6 Å². The highest BCUT2D eigenvalue weighted by molar-refractivity contribution is 9.10. The molecule has 5 nitrogen and oxygen atoms in total. The standard InChI is InChI=1S/C11H8BrNO4S2/c12-7-1-2-8(13-5-7)9-3-4-11(18-9)19(16,17)6-10(14)15/h1-5H,6H2,(H,14,15). The van der Waals surface area contributed by atoms with E-state index in [9.17, 15) is 13.2 Å². The van der Waals surface area contributed by atoms with E-state index in [2.05, 4.69) is 20.9 Å². The van der Waals surface area contributed by atoms with Crippen LogP contribution in [0.3, 0.4) is 0 Å². The number of carbonyl (C=O) groups is 1. The van der Waals surface area contributed by atoms with Gasteiger partial charge in [-0.15, -0.1) is 11.3 Å². The second kappa shape index (κ2) is 5.40. The highest BCUT2D eigenvalue weighted by Gasteiger charge is 2.21. The molecule has 8 heteroatoms. The summed E-state index contributed by atoms with van der Waals surface area (Å²) in [6, 6.07) is 6.58. The van der Waals surface area contributed by atoms with Gasteiger partial charge in [0, 0.05) is 10.7 Å². The van der Waals surface area contributed by atoms with Crippen LogP contribution in [0.1, 0.15) is 0 Å². The van der Waals surface area contributed by atoms with Gasteiger partial charge in [-0.25, -0.2) is 8.42 Å². The van der Waals surface area contributed by atoms with Gasteiger partial charge in [0.2, 0.25) is 0 Å². The van der Waals surface area contributed by atoms with Crippen LogP contribution < -0.4 is 0 Å². The minimum Gasteiger partial charge on any atom is -0.480 e. The first-order valence-electron chi connectivity index (χ1n) is 5.05. The molecule has 2 heterocycles. The lowest BCUT2D eigenvalue weighted by Crippen LogP contribution is -2.14. The lowest BCUT2D eigenvalue weighted by Gasteiger charge is -1.97. The van der Waals surface area contributed by atoms with E-state index >= 15 is 0 Å². The van der Waals surface area contributed by atoms with Crippen molar-refractivity contribution >= 4 is 43.1 Å². The molecule has 1 N–H and O–H groups in total. The van der Waals surface area contributed by atoms with E-state index in [1.165, 1.54) is 6.07 Å². The van der Waals surface area contributed by atoms with Gasteiger partial charge in [-0.3, -0.25) is 9.78 Å². The van der Waals surface area contributed by atoms with Crippen LogP contribution in [0.2, 0.25) is 0 Å². The molecule has 0 fully saturated rings. The molecule has 0 atom stereocenters. The van der Waals surface area contributed by atoms with E-state index < -0.39 is 21.6 Å². The summed E-state index contributed by atoms with van der Waals surface area (Å²) in [4.78, 5) is 15.3. The Morgan fingerprint density at radius 2 is 2.05 bits per heavy atom. The Hall–Kier alpha value is -1.25. The maximum Gasteiger partial charge on any atom is 0.319 e. The Balaban J connectivity index is 2.34. The molecule has 19 heavy (non-hydrogen) atoms. The van der Waals surface area contributed by atoms with Gasteiger partial charge >= 0.3 is 5.97 Å². The monoisotopic (exact) mass is 361 g/mol. The quantitative estimate of drug-likeness (QED) is 0.903. The minimum atomic E-state index is -3.77. The van der Waals surface area contributed by atoms with Crippen LogP contribution >= 0.6 is 27.3 Å². The summed E-state index contributed by atoms with van der Waals surface area (Å²) in [6.45, 7) is 0. The topological polar surface area (TPSA) is 84.3 Å². The number of carboxylic acid groups (broad SMARTS) is 1. The first-order valence-corrected chi connectivity index (χ1v) is 8.31. The Morgan fingerprint density at radius 1 is 1.32 bits per heavy atom. The fraction of sp³-hybridized carbons (Fsp3) is 0.0909. The number of rotatable bonds is 4. The van der Waals surface area contributed by atoms with E-state index in [1.807, 2.05) is 0 Å². The molecule has 0 aromatic carbocycles. The zero-order valence-corrected chi connectivity index (χ0v) is 12.6. The van der Waals surface area contributed by atoms with Gasteiger partial charge in [-0.05, 0) is 40.2 Å². The lowest BCUT2D eigenvalue weighted by atomic mass is 10.3. The number of pyridine rings is 1. The molecule has 0 amide bonds. The third-order valence-corrected chi connectivity index (χ3v) is 5.94. The summed E-state index contributed by atoms with van der Waals surface area (Å²) in [7, 11) is -3.77. The molecule has 0 aliphatic heterocycles. The van der Waals surface area contributed by atoms with Crippen molar-refractivity contribution < 1.29 is 18.3 Å². The van der Waals surface area contributed by atoms with Crippen molar-refractivity contribution in [3.8, 4) is 10.6 Å². The van der Waals surface area contributed by atoms with Crippen molar-refractivity contribution in [2.45, 2.75) is 4.21 Å². The van der Waals surface area contributed by atoms with Gasteiger partial charge in [-0.1, -0.05) is 0 Å². The molecule has 100 valence electrons. The number of nitrogens with zero attached hydrogens (tertiary/aromatic N) is 1. The fourth-order valence-electron chi connectivity index (χ4n) is 1.38. The molecule has 2 aromatic rings. The molecule has 0 aliphatic carbocycles. The van der Waals surface area contributed by atoms with Gasteiger partial charge in [0.15, 0.2) is 15.6 Å². The van der Waals surface area contributed by atoms with Crippen LogP contribution in [-0.2, 0) is 14.6 Å². The van der Waals surface area contributed by atoms with E-state index in [-0.39, 0.29) is 4.21 Å². The lowest BCUT2D eigenvalue weighted by molar-refractivity contribution is -0.134. The number of carboxylic acids is 1. The maximum absolute atomic E-state index is 11.7. The van der Waals surface area contributed by atoms with Gasteiger partial charge < -0.3 is 5.11 Å². The van der Waals surface area contributed by atoms with E-state index in [1.54, 1.807) is 24.4 Å².